The summed E-state index contributed by atoms with van der Waals surface area (Å²) in [5.41, 5.74) is 1.86. The standard InChI is InChI=1S/C24H27N3O2S/c28-24(20-8-10-21(11-9-20)30-18-19-6-4-12-25-16-19)26-17-22(23-7-5-15-29-23)27-13-2-1-3-14-27/h4-12,15-16,22H,1-3,13-14,17-18H2,(H,26,28). The lowest BCUT2D eigenvalue weighted by atomic mass is 10.1. The summed E-state index contributed by atoms with van der Waals surface area (Å²) in [6.45, 7) is 2.64. The number of carbonyl (C=O) groups excluding carboxylic acids is 1. The molecule has 2 aromatic heterocycles. The van der Waals surface area contributed by atoms with Crippen LogP contribution in [-0.2, 0) is 5.75 Å². The van der Waals surface area contributed by atoms with Gasteiger partial charge in [0.2, 0.25) is 0 Å². The lowest BCUT2D eigenvalue weighted by Gasteiger charge is -2.33. The van der Waals surface area contributed by atoms with Crippen molar-refractivity contribution in [2.75, 3.05) is 19.6 Å². The van der Waals surface area contributed by atoms with E-state index in [1.165, 1.54) is 24.8 Å². The van der Waals surface area contributed by atoms with Crippen LogP contribution in [0.4, 0.5) is 0 Å². The molecule has 1 saturated heterocycles. The molecule has 5 nitrogen and oxygen atoms in total. The molecule has 0 saturated carbocycles. The maximum atomic E-state index is 12.7. The maximum absolute atomic E-state index is 12.7. The minimum atomic E-state index is -0.0487. The Bertz CT molecular complexity index is 907. The van der Waals surface area contributed by atoms with E-state index in [1.807, 2.05) is 48.7 Å². The Hall–Kier alpha value is -2.57. The highest BCUT2D eigenvalue weighted by Crippen LogP contribution is 2.25. The van der Waals surface area contributed by atoms with Crippen molar-refractivity contribution in [3.05, 3.63) is 84.1 Å². The molecule has 30 heavy (non-hydrogen) atoms. The minimum Gasteiger partial charge on any atom is -0.468 e. The van der Waals surface area contributed by atoms with E-state index >= 15 is 0 Å². The van der Waals surface area contributed by atoms with Crippen LogP contribution in [0.25, 0.3) is 0 Å². The molecule has 4 rings (SSSR count). The zero-order chi connectivity index (χ0) is 20.6. The van der Waals surface area contributed by atoms with Gasteiger partial charge in [-0.15, -0.1) is 11.8 Å². The molecule has 1 N–H and O–H groups in total. The molecular weight excluding hydrogens is 394 g/mol. The molecule has 1 aromatic carbocycles. The molecule has 0 bridgehead atoms. The van der Waals surface area contributed by atoms with Crippen LogP contribution >= 0.6 is 11.8 Å². The summed E-state index contributed by atoms with van der Waals surface area (Å²) >= 11 is 1.74. The number of benzene rings is 1. The van der Waals surface area contributed by atoms with E-state index in [0.29, 0.717) is 12.1 Å². The van der Waals surface area contributed by atoms with E-state index < -0.39 is 0 Å². The van der Waals surface area contributed by atoms with Gasteiger partial charge in [-0.3, -0.25) is 14.7 Å². The van der Waals surface area contributed by atoms with Gasteiger partial charge >= 0.3 is 0 Å². The second-order valence-corrected chi connectivity index (χ2v) is 8.56. The van der Waals surface area contributed by atoms with Crippen LogP contribution in [0, 0.1) is 0 Å². The first-order chi connectivity index (χ1) is 14.8. The monoisotopic (exact) mass is 421 g/mol. The summed E-state index contributed by atoms with van der Waals surface area (Å²) in [5.74, 6) is 1.73. The molecule has 6 heteroatoms. The Balaban J connectivity index is 1.33. The van der Waals surface area contributed by atoms with E-state index in [0.717, 1.165) is 29.5 Å². The van der Waals surface area contributed by atoms with E-state index in [1.54, 1.807) is 24.2 Å². The second kappa shape index (κ2) is 10.5. The number of amides is 1. The van der Waals surface area contributed by atoms with Crippen molar-refractivity contribution < 1.29 is 9.21 Å². The average molecular weight is 422 g/mol. The molecule has 1 fully saturated rings. The van der Waals surface area contributed by atoms with Gasteiger partial charge in [-0.1, -0.05) is 12.5 Å². The van der Waals surface area contributed by atoms with Crippen molar-refractivity contribution in [1.29, 1.82) is 0 Å². The Labute approximate surface area is 181 Å². The number of furan rings is 1. The summed E-state index contributed by atoms with van der Waals surface area (Å²) in [5, 5.41) is 3.11. The van der Waals surface area contributed by atoms with Gasteiger partial charge in [-0.2, -0.15) is 0 Å². The van der Waals surface area contributed by atoms with Crippen LogP contribution in [0.15, 0.2) is 76.5 Å². The largest absolute Gasteiger partial charge is 0.468 e. The van der Waals surface area contributed by atoms with Crippen LogP contribution in [0.2, 0.25) is 0 Å². The Morgan fingerprint density at radius 1 is 1.10 bits per heavy atom. The first kappa shape index (κ1) is 20.7. The van der Waals surface area contributed by atoms with Gasteiger partial charge in [-0.05, 0) is 74.0 Å². The molecule has 1 atom stereocenters. The van der Waals surface area contributed by atoms with E-state index in [9.17, 15) is 4.79 Å². The van der Waals surface area contributed by atoms with Crippen LogP contribution in [0.5, 0.6) is 0 Å². The third-order valence-corrected chi connectivity index (χ3v) is 6.49. The average Bonchev–Trinajstić information content (AvgIpc) is 3.34. The predicted molar refractivity (Wildman–Crippen MR) is 119 cm³/mol. The van der Waals surface area contributed by atoms with Crippen molar-refractivity contribution in [1.82, 2.24) is 15.2 Å². The van der Waals surface area contributed by atoms with Crippen molar-refractivity contribution in [2.45, 2.75) is 36.0 Å². The molecule has 1 amide bonds. The summed E-state index contributed by atoms with van der Waals surface area (Å²) in [6, 6.07) is 15.8. The number of likely N-dealkylation sites (tertiary alicyclic amines) is 1. The summed E-state index contributed by atoms with van der Waals surface area (Å²) in [7, 11) is 0. The fourth-order valence-corrected chi connectivity index (χ4v) is 4.60. The van der Waals surface area contributed by atoms with Crippen molar-refractivity contribution in [3.63, 3.8) is 0 Å². The Kier molecular flexibility index (Phi) is 7.21. The molecule has 1 aliphatic rings. The van der Waals surface area contributed by atoms with Gasteiger partial charge < -0.3 is 9.73 Å². The third-order valence-electron chi connectivity index (χ3n) is 5.40. The molecule has 3 heterocycles. The summed E-state index contributed by atoms with van der Waals surface area (Å²) < 4.78 is 5.67. The highest BCUT2D eigenvalue weighted by molar-refractivity contribution is 7.98. The summed E-state index contributed by atoms with van der Waals surface area (Å²) in [6.07, 6.45) is 9.04. The fourth-order valence-electron chi connectivity index (χ4n) is 3.76. The molecule has 0 aliphatic carbocycles. The topological polar surface area (TPSA) is 58.4 Å². The van der Waals surface area contributed by atoms with Crippen LogP contribution < -0.4 is 5.32 Å². The highest BCUT2D eigenvalue weighted by Gasteiger charge is 2.25. The summed E-state index contributed by atoms with van der Waals surface area (Å²) in [4.78, 5) is 20.4. The zero-order valence-electron chi connectivity index (χ0n) is 17.0. The molecule has 156 valence electrons. The highest BCUT2D eigenvalue weighted by atomic mass is 32.2. The number of aromatic nitrogens is 1. The number of hydrogen-bond donors (Lipinski definition) is 1. The number of nitrogens with zero attached hydrogens (tertiary/aromatic N) is 2. The second-order valence-electron chi connectivity index (χ2n) is 7.51. The number of rotatable bonds is 8. The Morgan fingerprint density at radius 3 is 2.63 bits per heavy atom. The number of piperidine rings is 1. The lowest BCUT2D eigenvalue weighted by molar-refractivity contribution is 0.0914. The van der Waals surface area contributed by atoms with Crippen molar-refractivity contribution in [2.24, 2.45) is 0 Å². The van der Waals surface area contributed by atoms with Gasteiger partial charge in [0.25, 0.3) is 5.91 Å². The first-order valence-electron chi connectivity index (χ1n) is 10.5. The zero-order valence-corrected chi connectivity index (χ0v) is 17.8. The fraction of sp³-hybridized carbons (Fsp3) is 0.333. The number of hydrogen-bond acceptors (Lipinski definition) is 5. The van der Waals surface area contributed by atoms with Gasteiger partial charge in [-0.25, -0.2) is 0 Å². The molecule has 1 aliphatic heterocycles. The molecule has 1 unspecified atom stereocenters. The van der Waals surface area contributed by atoms with Gasteiger partial charge in [0.15, 0.2) is 0 Å². The van der Waals surface area contributed by atoms with Gasteiger partial charge in [0, 0.05) is 35.2 Å². The number of nitrogens with one attached hydrogen (secondary N) is 1. The maximum Gasteiger partial charge on any atom is 0.251 e. The predicted octanol–water partition coefficient (Wildman–Crippen LogP) is 4.92. The van der Waals surface area contributed by atoms with Gasteiger partial charge in [0.1, 0.15) is 5.76 Å². The molecule has 0 radical (unpaired) electrons. The normalized spacial score (nSPS) is 15.6. The van der Waals surface area contributed by atoms with Crippen LogP contribution in [0.1, 0.15) is 47.0 Å². The SMILES string of the molecule is O=C(NCC(c1ccco1)N1CCCCC1)c1ccc(SCc2cccnc2)cc1. The molecule has 0 spiro atoms. The van der Waals surface area contributed by atoms with Crippen LogP contribution in [-0.4, -0.2) is 35.4 Å². The smallest absolute Gasteiger partial charge is 0.251 e. The van der Waals surface area contributed by atoms with E-state index in [4.69, 9.17) is 4.42 Å². The van der Waals surface area contributed by atoms with Crippen LogP contribution in [0.3, 0.4) is 0 Å². The number of pyridine rings is 1. The lowest BCUT2D eigenvalue weighted by Crippen LogP contribution is -2.40. The Morgan fingerprint density at radius 2 is 1.93 bits per heavy atom. The molecule has 3 aromatic rings. The first-order valence-corrected chi connectivity index (χ1v) is 11.5. The van der Waals surface area contributed by atoms with E-state index in [-0.39, 0.29) is 11.9 Å². The number of thioether (sulfide) groups is 1. The van der Waals surface area contributed by atoms with E-state index in [2.05, 4.69) is 21.3 Å². The number of carbonyl (C=O) groups is 1. The van der Waals surface area contributed by atoms with Crippen molar-refractivity contribution in [3.8, 4) is 0 Å². The van der Waals surface area contributed by atoms with Gasteiger partial charge in [0.05, 0.1) is 12.3 Å². The minimum absolute atomic E-state index is 0.0487. The quantitative estimate of drug-likeness (QED) is 0.523. The third kappa shape index (κ3) is 5.52. The van der Waals surface area contributed by atoms with Crippen molar-refractivity contribution >= 4 is 17.7 Å². The molecular formula is C24H27N3O2S.